The zero-order chi connectivity index (χ0) is 18.4. The lowest BCUT2D eigenvalue weighted by atomic mass is 9.78. The zero-order valence-electron chi connectivity index (χ0n) is 14.8. The number of carbonyl (C=O) groups is 1. The second-order valence-corrected chi connectivity index (χ2v) is 7.97. The number of thiazole rings is 1. The van der Waals surface area contributed by atoms with Crippen molar-refractivity contribution in [2.45, 2.75) is 45.8 Å². The van der Waals surface area contributed by atoms with Crippen molar-refractivity contribution in [2.75, 3.05) is 5.32 Å². The molecular formula is C17H20BFN2O3S. The molecule has 25 heavy (non-hydrogen) atoms. The van der Waals surface area contributed by atoms with Gasteiger partial charge in [-0.3, -0.25) is 10.1 Å². The molecule has 1 N–H and O–H groups in total. The van der Waals surface area contributed by atoms with Crippen LogP contribution in [-0.2, 0) is 9.31 Å². The lowest BCUT2D eigenvalue weighted by molar-refractivity contribution is 0.00578. The second-order valence-electron chi connectivity index (χ2n) is 7.11. The highest BCUT2D eigenvalue weighted by molar-refractivity contribution is 7.13. The average molecular weight is 362 g/mol. The van der Waals surface area contributed by atoms with E-state index in [0.717, 1.165) is 5.69 Å². The molecule has 0 bridgehead atoms. The van der Waals surface area contributed by atoms with E-state index < -0.39 is 30.0 Å². The molecule has 1 saturated heterocycles. The Bertz CT molecular complexity index is 806. The second kappa shape index (κ2) is 6.19. The average Bonchev–Trinajstić information content (AvgIpc) is 2.99. The lowest BCUT2D eigenvalue weighted by Crippen LogP contribution is -2.41. The Labute approximate surface area is 150 Å². The maximum Gasteiger partial charge on any atom is 0.494 e. The summed E-state index contributed by atoms with van der Waals surface area (Å²) < 4.78 is 25.9. The van der Waals surface area contributed by atoms with Gasteiger partial charge in [-0.1, -0.05) is 0 Å². The molecule has 1 aliphatic rings. The van der Waals surface area contributed by atoms with Crippen molar-refractivity contribution in [3.05, 3.63) is 40.7 Å². The third-order valence-electron chi connectivity index (χ3n) is 4.55. The Morgan fingerprint density at radius 2 is 1.84 bits per heavy atom. The molecule has 2 aromatic rings. The summed E-state index contributed by atoms with van der Waals surface area (Å²) in [6.07, 6.45) is 0. The van der Waals surface area contributed by atoms with Gasteiger partial charge in [-0.25, -0.2) is 9.37 Å². The van der Waals surface area contributed by atoms with Crippen molar-refractivity contribution in [1.82, 2.24) is 4.98 Å². The van der Waals surface area contributed by atoms with Gasteiger partial charge in [0.25, 0.3) is 5.91 Å². The summed E-state index contributed by atoms with van der Waals surface area (Å²) in [6, 6.07) is 4.10. The highest BCUT2D eigenvalue weighted by Gasteiger charge is 2.51. The van der Waals surface area contributed by atoms with Crippen molar-refractivity contribution < 1.29 is 18.5 Å². The zero-order valence-corrected chi connectivity index (χ0v) is 15.7. The fraction of sp³-hybridized carbons (Fsp3) is 0.412. The van der Waals surface area contributed by atoms with Crippen molar-refractivity contribution >= 4 is 35.0 Å². The van der Waals surface area contributed by atoms with E-state index in [1.165, 1.54) is 23.5 Å². The predicted molar refractivity (Wildman–Crippen MR) is 96.9 cm³/mol. The minimum Gasteiger partial charge on any atom is -0.399 e. The first-order valence-electron chi connectivity index (χ1n) is 7.97. The number of carbonyl (C=O) groups excluding carboxylic acids is 1. The Hall–Kier alpha value is -1.77. The highest BCUT2D eigenvalue weighted by Crippen LogP contribution is 2.36. The Kier molecular flexibility index (Phi) is 4.47. The van der Waals surface area contributed by atoms with Crippen LogP contribution in [0.1, 0.15) is 43.7 Å². The molecule has 132 valence electrons. The van der Waals surface area contributed by atoms with E-state index in [1.807, 2.05) is 40.0 Å². The number of hydrogen-bond donors (Lipinski definition) is 1. The van der Waals surface area contributed by atoms with Gasteiger partial charge in [0, 0.05) is 10.9 Å². The quantitative estimate of drug-likeness (QED) is 0.853. The maximum atomic E-state index is 14.1. The van der Waals surface area contributed by atoms with Crippen LogP contribution in [0.15, 0.2) is 23.6 Å². The molecule has 3 rings (SSSR count). The van der Waals surface area contributed by atoms with E-state index in [9.17, 15) is 9.18 Å². The number of rotatable bonds is 3. The summed E-state index contributed by atoms with van der Waals surface area (Å²) in [5.41, 5.74) is 0.407. The number of nitrogens with zero attached hydrogens (tertiary/aromatic N) is 1. The van der Waals surface area contributed by atoms with Gasteiger partial charge in [-0.05, 0) is 58.3 Å². The van der Waals surface area contributed by atoms with Crippen LogP contribution in [-0.4, -0.2) is 29.2 Å². The standard InChI is InChI=1S/C17H20BFN2O3S/c1-10-9-25-15(20-10)21-14(22)11-6-12(8-13(19)7-11)18-23-16(2,3)17(4,5)24-18/h6-9H,1-5H3,(H,20,21,22). The largest absolute Gasteiger partial charge is 0.494 e. The number of aromatic nitrogens is 1. The minimum absolute atomic E-state index is 0.192. The van der Waals surface area contributed by atoms with Crippen LogP contribution in [0.2, 0.25) is 0 Å². The fourth-order valence-electron chi connectivity index (χ4n) is 2.44. The predicted octanol–water partition coefficient (Wildman–Crippen LogP) is 3.14. The Morgan fingerprint density at radius 1 is 1.20 bits per heavy atom. The molecule has 1 aromatic carbocycles. The molecule has 0 radical (unpaired) electrons. The summed E-state index contributed by atoms with van der Waals surface area (Å²) >= 11 is 1.32. The number of nitrogens with one attached hydrogen (secondary N) is 1. The molecular weight excluding hydrogens is 342 g/mol. The number of aryl methyl sites for hydroxylation is 1. The Morgan fingerprint density at radius 3 is 2.40 bits per heavy atom. The molecule has 1 aliphatic heterocycles. The van der Waals surface area contributed by atoms with Crippen LogP contribution in [0.25, 0.3) is 0 Å². The van der Waals surface area contributed by atoms with E-state index in [1.54, 1.807) is 6.07 Å². The number of anilines is 1. The Balaban J connectivity index is 1.85. The van der Waals surface area contributed by atoms with Gasteiger partial charge >= 0.3 is 7.12 Å². The maximum absolute atomic E-state index is 14.1. The summed E-state index contributed by atoms with van der Waals surface area (Å²) in [6.45, 7) is 9.52. The molecule has 8 heteroatoms. The molecule has 0 spiro atoms. The molecule has 2 heterocycles. The fourth-order valence-corrected chi connectivity index (χ4v) is 3.12. The number of halogens is 1. The van der Waals surface area contributed by atoms with Crippen molar-refractivity contribution in [3.63, 3.8) is 0 Å². The van der Waals surface area contributed by atoms with Crippen molar-refractivity contribution in [1.29, 1.82) is 0 Å². The van der Waals surface area contributed by atoms with E-state index in [-0.39, 0.29) is 5.56 Å². The number of amides is 1. The molecule has 0 aliphatic carbocycles. The number of benzene rings is 1. The van der Waals surface area contributed by atoms with Crippen LogP contribution in [0, 0.1) is 12.7 Å². The first kappa shape index (κ1) is 18.0. The monoisotopic (exact) mass is 362 g/mol. The van der Waals surface area contributed by atoms with Gasteiger partial charge in [0.2, 0.25) is 0 Å². The van der Waals surface area contributed by atoms with E-state index in [4.69, 9.17) is 9.31 Å². The molecule has 0 unspecified atom stereocenters. The molecule has 5 nitrogen and oxygen atoms in total. The smallest absolute Gasteiger partial charge is 0.399 e. The molecule has 0 atom stereocenters. The summed E-state index contributed by atoms with van der Waals surface area (Å²) in [7, 11) is -0.727. The molecule has 1 fully saturated rings. The van der Waals surface area contributed by atoms with Gasteiger partial charge in [0.1, 0.15) is 5.82 Å². The molecule has 1 aromatic heterocycles. The van der Waals surface area contributed by atoms with E-state index in [2.05, 4.69) is 10.3 Å². The molecule has 0 saturated carbocycles. The van der Waals surface area contributed by atoms with Gasteiger partial charge in [-0.15, -0.1) is 11.3 Å². The first-order valence-corrected chi connectivity index (χ1v) is 8.85. The molecule has 1 amide bonds. The summed E-state index contributed by atoms with van der Waals surface area (Å²) in [4.78, 5) is 16.6. The lowest BCUT2D eigenvalue weighted by Gasteiger charge is -2.32. The normalized spacial score (nSPS) is 18.4. The van der Waals surface area contributed by atoms with Crippen molar-refractivity contribution in [2.24, 2.45) is 0 Å². The van der Waals surface area contributed by atoms with Crippen LogP contribution < -0.4 is 10.8 Å². The van der Waals surface area contributed by atoms with Gasteiger partial charge in [-0.2, -0.15) is 0 Å². The minimum atomic E-state index is -0.727. The summed E-state index contributed by atoms with van der Waals surface area (Å²) in [5.74, 6) is -0.945. The third kappa shape index (κ3) is 3.61. The van der Waals surface area contributed by atoms with E-state index in [0.29, 0.717) is 10.6 Å². The van der Waals surface area contributed by atoms with Crippen molar-refractivity contribution in [3.8, 4) is 0 Å². The van der Waals surface area contributed by atoms with Crippen LogP contribution in [0.5, 0.6) is 0 Å². The van der Waals surface area contributed by atoms with Crippen LogP contribution >= 0.6 is 11.3 Å². The number of hydrogen-bond acceptors (Lipinski definition) is 5. The first-order chi connectivity index (χ1) is 11.6. The van der Waals surface area contributed by atoms with Gasteiger partial charge in [0.05, 0.1) is 16.9 Å². The van der Waals surface area contributed by atoms with Gasteiger partial charge in [0.15, 0.2) is 5.13 Å². The SMILES string of the molecule is Cc1csc(NC(=O)c2cc(F)cc(B3OC(C)(C)C(C)(C)O3)c2)n1. The van der Waals surface area contributed by atoms with E-state index >= 15 is 0 Å². The van der Waals surface area contributed by atoms with Crippen LogP contribution in [0.3, 0.4) is 0 Å². The summed E-state index contributed by atoms with van der Waals surface area (Å²) in [5, 5.41) is 4.98. The van der Waals surface area contributed by atoms with Crippen LogP contribution in [0.4, 0.5) is 9.52 Å². The topological polar surface area (TPSA) is 60.5 Å². The third-order valence-corrected chi connectivity index (χ3v) is 5.42. The highest BCUT2D eigenvalue weighted by atomic mass is 32.1. The van der Waals surface area contributed by atoms with Gasteiger partial charge < -0.3 is 9.31 Å².